The molecule has 11 nitrogen and oxygen atoms in total. The monoisotopic (exact) mass is 724 g/mol. The Morgan fingerprint density at radius 3 is 2.36 bits per heavy atom. The number of ether oxygens (including phenoxy) is 3. The SMILES string of the molecule is COc1cc(OC)c(F)c(-c2cc3cnc(Nc4ccc(N5CCOCC5)cn4)cc3n(C(C)c3cccc(CC(=O)/C=C/CN(C)C)c3)c2=O)c1F. The molecule has 6 rings (SSSR count). The van der Waals surface area contributed by atoms with Crippen LogP contribution in [-0.4, -0.2) is 86.4 Å². The zero-order valence-electron chi connectivity index (χ0n) is 30.4. The molecule has 1 aliphatic rings. The Kier molecular flexibility index (Phi) is 11.4. The molecule has 2 aromatic carbocycles. The number of aromatic nitrogens is 3. The highest BCUT2D eigenvalue weighted by Gasteiger charge is 2.27. The van der Waals surface area contributed by atoms with E-state index >= 15 is 8.78 Å². The third-order valence-corrected chi connectivity index (χ3v) is 9.12. The topological polar surface area (TPSA) is 111 Å². The van der Waals surface area contributed by atoms with Crippen molar-refractivity contribution in [1.82, 2.24) is 19.4 Å². The number of rotatable bonds is 13. The fourth-order valence-electron chi connectivity index (χ4n) is 6.35. The molecule has 13 heteroatoms. The van der Waals surface area contributed by atoms with Gasteiger partial charge in [0.05, 0.1) is 62.0 Å². The van der Waals surface area contributed by atoms with Gasteiger partial charge in [-0.2, -0.15) is 0 Å². The number of allylic oxidation sites excluding steroid dienone is 1. The number of carbonyl (C=O) groups excluding carboxylic acids is 1. The predicted octanol–water partition coefficient (Wildman–Crippen LogP) is 6.17. The van der Waals surface area contributed by atoms with Crippen LogP contribution in [0, 0.1) is 11.6 Å². The lowest BCUT2D eigenvalue weighted by atomic mass is 9.99. The van der Waals surface area contributed by atoms with Crippen LogP contribution in [0.15, 0.2) is 83.9 Å². The van der Waals surface area contributed by atoms with Crippen LogP contribution >= 0.6 is 0 Å². The number of ketones is 1. The molecule has 0 radical (unpaired) electrons. The van der Waals surface area contributed by atoms with Gasteiger partial charge in [-0.15, -0.1) is 0 Å². The van der Waals surface area contributed by atoms with Crippen LogP contribution in [0.2, 0.25) is 0 Å². The Bertz CT molecular complexity index is 2170. The van der Waals surface area contributed by atoms with Crippen LogP contribution in [-0.2, 0) is 16.0 Å². The van der Waals surface area contributed by atoms with Gasteiger partial charge in [0, 0.05) is 49.8 Å². The largest absolute Gasteiger partial charge is 0.494 e. The summed E-state index contributed by atoms with van der Waals surface area (Å²) in [6, 6.07) is 14.8. The van der Waals surface area contributed by atoms with E-state index in [0.29, 0.717) is 47.9 Å². The molecular formula is C40H42F2N6O5. The Balaban J connectivity index is 1.44. The maximum atomic E-state index is 15.9. The minimum atomic E-state index is -1.04. The minimum Gasteiger partial charge on any atom is -0.494 e. The smallest absolute Gasteiger partial charge is 0.259 e. The van der Waals surface area contributed by atoms with Crippen LogP contribution in [0.1, 0.15) is 24.1 Å². The van der Waals surface area contributed by atoms with Crippen LogP contribution in [0.4, 0.5) is 26.1 Å². The van der Waals surface area contributed by atoms with Crippen molar-refractivity contribution < 1.29 is 27.8 Å². The van der Waals surface area contributed by atoms with E-state index in [-0.39, 0.29) is 29.3 Å². The van der Waals surface area contributed by atoms with Crippen molar-refractivity contribution in [3.05, 3.63) is 112 Å². The van der Waals surface area contributed by atoms with Gasteiger partial charge in [0.1, 0.15) is 11.6 Å². The molecule has 1 N–H and O–H groups in total. The van der Waals surface area contributed by atoms with Crippen LogP contribution in [0.3, 0.4) is 0 Å². The van der Waals surface area contributed by atoms with Gasteiger partial charge in [-0.1, -0.05) is 30.3 Å². The fourth-order valence-corrected chi connectivity index (χ4v) is 6.35. The van der Waals surface area contributed by atoms with Crippen molar-refractivity contribution >= 4 is 34.0 Å². The molecule has 0 amide bonds. The van der Waals surface area contributed by atoms with Crippen molar-refractivity contribution in [3.63, 3.8) is 0 Å². The molecule has 4 heterocycles. The quantitative estimate of drug-likeness (QED) is 0.142. The Morgan fingerprint density at radius 2 is 1.70 bits per heavy atom. The summed E-state index contributed by atoms with van der Waals surface area (Å²) < 4.78 is 49.0. The molecule has 0 saturated carbocycles. The number of likely N-dealkylation sites (N-methyl/N-ethyl adjacent to an activating group) is 1. The Labute approximate surface area is 306 Å². The third kappa shape index (κ3) is 8.21. The zero-order chi connectivity index (χ0) is 37.6. The highest BCUT2D eigenvalue weighted by atomic mass is 19.1. The third-order valence-electron chi connectivity index (χ3n) is 9.12. The summed E-state index contributed by atoms with van der Waals surface area (Å²) in [6.45, 7) is 5.33. The Morgan fingerprint density at radius 1 is 0.981 bits per heavy atom. The first-order chi connectivity index (χ1) is 25.6. The number of nitrogens with one attached hydrogen (secondary N) is 1. The van der Waals surface area contributed by atoms with Crippen LogP contribution in [0.5, 0.6) is 11.5 Å². The van der Waals surface area contributed by atoms with Crippen LogP contribution in [0.25, 0.3) is 22.0 Å². The number of morpholine rings is 1. The highest BCUT2D eigenvalue weighted by molar-refractivity contribution is 5.91. The standard InChI is InChI=1S/C40H42F2N6O5/c1-25(27-9-6-8-26(18-27)19-30(49)10-7-13-46(2)3)48-32-21-36(45-35-12-11-29(24-44-35)47-14-16-53-17-15-47)43-23-28(32)20-31(40(48)50)37-38(41)33(51-4)22-34(52-5)39(37)42/h6-12,18,20-25H,13-17,19H2,1-5H3,(H,43,44,45)/b10-7+. The summed E-state index contributed by atoms with van der Waals surface area (Å²) in [5.74, 6) is -1.76. The number of halogens is 2. The van der Waals surface area contributed by atoms with E-state index in [1.165, 1.54) is 31.0 Å². The summed E-state index contributed by atoms with van der Waals surface area (Å²) in [5, 5.41) is 3.67. The Hall–Kier alpha value is -5.66. The molecular weight excluding hydrogens is 682 g/mol. The van der Waals surface area contributed by atoms with Gasteiger partial charge >= 0.3 is 0 Å². The molecule has 0 aliphatic carbocycles. The predicted molar refractivity (Wildman–Crippen MR) is 202 cm³/mol. The van der Waals surface area contributed by atoms with E-state index in [1.54, 1.807) is 18.3 Å². The van der Waals surface area contributed by atoms with Gasteiger partial charge in [0.2, 0.25) is 0 Å². The van der Waals surface area contributed by atoms with Gasteiger partial charge in [0.25, 0.3) is 5.56 Å². The van der Waals surface area contributed by atoms with E-state index in [0.717, 1.165) is 30.4 Å². The molecule has 0 spiro atoms. The summed E-state index contributed by atoms with van der Waals surface area (Å²) in [6.07, 6.45) is 6.85. The average molecular weight is 725 g/mol. The summed E-state index contributed by atoms with van der Waals surface area (Å²) in [7, 11) is 6.34. The number of anilines is 3. The van der Waals surface area contributed by atoms with Gasteiger partial charge in [-0.3, -0.25) is 9.59 Å². The molecule has 5 aromatic rings. The first-order valence-corrected chi connectivity index (χ1v) is 17.2. The lowest BCUT2D eigenvalue weighted by molar-refractivity contribution is -0.114. The van der Waals surface area contributed by atoms with E-state index in [1.807, 2.05) is 68.4 Å². The van der Waals surface area contributed by atoms with E-state index < -0.39 is 28.8 Å². The van der Waals surface area contributed by atoms with Crippen molar-refractivity contribution in [1.29, 1.82) is 0 Å². The first-order valence-electron chi connectivity index (χ1n) is 17.2. The van der Waals surface area contributed by atoms with Crippen molar-refractivity contribution in [2.75, 3.05) is 71.4 Å². The zero-order valence-corrected chi connectivity index (χ0v) is 30.4. The second kappa shape index (κ2) is 16.3. The number of hydrogen-bond acceptors (Lipinski definition) is 10. The number of nitrogens with zero attached hydrogens (tertiary/aromatic N) is 5. The molecule has 1 unspecified atom stereocenters. The van der Waals surface area contributed by atoms with Gasteiger partial charge in [-0.05, 0) is 56.4 Å². The molecule has 53 heavy (non-hydrogen) atoms. The second-order valence-corrected chi connectivity index (χ2v) is 13.0. The number of fused-ring (bicyclic) bond motifs is 1. The van der Waals surface area contributed by atoms with Gasteiger partial charge in [-0.25, -0.2) is 18.7 Å². The summed E-state index contributed by atoms with van der Waals surface area (Å²) >= 11 is 0. The highest BCUT2D eigenvalue weighted by Crippen LogP contribution is 2.38. The minimum absolute atomic E-state index is 0.0624. The molecule has 1 fully saturated rings. The maximum Gasteiger partial charge on any atom is 0.259 e. The fraction of sp³-hybridized carbons (Fsp3) is 0.300. The maximum absolute atomic E-state index is 15.9. The van der Waals surface area contributed by atoms with Crippen molar-refractivity contribution in [3.8, 4) is 22.6 Å². The van der Waals surface area contributed by atoms with Crippen LogP contribution < -0.4 is 25.2 Å². The second-order valence-electron chi connectivity index (χ2n) is 13.0. The summed E-state index contributed by atoms with van der Waals surface area (Å²) in [4.78, 5) is 40.7. The number of methoxy groups -OCH3 is 2. The van der Waals surface area contributed by atoms with E-state index in [9.17, 15) is 9.59 Å². The number of pyridine rings is 3. The molecule has 1 aliphatic heterocycles. The van der Waals surface area contributed by atoms with E-state index in [4.69, 9.17) is 14.2 Å². The lowest BCUT2D eigenvalue weighted by Gasteiger charge is -2.28. The molecule has 1 atom stereocenters. The molecule has 3 aromatic heterocycles. The number of carbonyl (C=O) groups is 1. The van der Waals surface area contributed by atoms with Gasteiger partial charge in [0.15, 0.2) is 28.9 Å². The van der Waals surface area contributed by atoms with Crippen molar-refractivity contribution in [2.24, 2.45) is 0 Å². The first kappa shape index (κ1) is 37.1. The lowest BCUT2D eigenvalue weighted by Crippen LogP contribution is -2.36. The average Bonchev–Trinajstić information content (AvgIpc) is 3.15. The van der Waals surface area contributed by atoms with Gasteiger partial charge < -0.3 is 33.9 Å². The van der Waals surface area contributed by atoms with E-state index in [2.05, 4.69) is 20.2 Å². The molecule has 276 valence electrons. The molecule has 1 saturated heterocycles. The number of benzene rings is 2. The summed E-state index contributed by atoms with van der Waals surface area (Å²) in [5.41, 5.74) is 1.43. The number of hydrogen-bond donors (Lipinski definition) is 1. The molecule has 0 bridgehead atoms. The normalized spacial score (nSPS) is 13.8. The van der Waals surface area contributed by atoms with Crippen molar-refractivity contribution in [2.45, 2.75) is 19.4 Å².